The van der Waals surface area contributed by atoms with Crippen molar-refractivity contribution in [1.29, 1.82) is 0 Å². The summed E-state index contributed by atoms with van der Waals surface area (Å²) in [6.07, 6.45) is 52.3. The van der Waals surface area contributed by atoms with Crippen LogP contribution in [0.25, 0.3) is 0 Å². The van der Waals surface area contributed by atoms with E-state index in [-0.39, 0.29) is 17.5 Å². The topological polar surface area (TPSA) is 91.7 Å². The second-order valence-corrected chi connectivity index (χ2v) is 19.0. The molecule has 5 heteroatoms. The standard InChI is InChI=1S/C54H104O5/c1-4-7-10-13-15-17-19-21-23-25-27-29-33-37-42-47-51(55)50(46-41-36-32-28-26-24-22-20-18-16-14-11-8-5-2)53(57)49(44-39-12-9-6-3)45-40-35-31-30-34-38-43-48-52(56)54(58)59/h49-50,52,56H,4-48H2,1-3H3,(H,58,59). The van der Waals surface area contributed by atoms with Gasteiger partial charge in [0.2, 0.25) is 0 Å². The van der Waals surface area contributed by atoms with Gasteiger partial charge in [-0.15, -0.1) is 0 Å². The summed E-state index contributed by atoms with van der Waals surface area (Å²) >= 11 is 0. The van der Waals surface area contributed by atoms with E-state index in [1.807, 2.05) is 0 Å². The molecule has 0 radical (unpaired) electrons. The fraction of sp³-hybridized carbons (Fsp3) is 0.944. The molecular weight excluding hydrogens is 729 g/mol. The van der Waals surface area contributed by atoms with Crippen LogP contribution < -0.4 is 0 Å². The van der Waals surface area contributed by atoms with Crippen molar-refractivity contribution in [3.05, 3.63) is 0 Å². The molecule has 0 aromatic rings. The van der Waals surface area contributed by atoms with Gasteiger partial charge in [0.25, 0.3) is 0 Å². The molecule has 0 rings (SSSR count). The Bertz CT molecular complexity index is 901. The smallest absolute Gasteiger partial charge is 0.332 e. The van der Waals surface area contributed by atoms with Gasteiger partial charge in [0.1, 0.15) is 11.6 Å². The molecule has 350 valence electrons. The summed E-state index contributed by atoms with van der Waals surface area (Å²) in [5.74, 6) is -0.982. The summed E-state index contributed by atoms with van der Waals surface area (Å²) < 4.78 is 0. The Kier molecular flexibility index (Phi) is 45.3. The van der Waals surface area contributed by atoms with Crippen molar-refractivity contribution in [1.82, 2.24) is 0 Å². The average molecular weight is 833 g/mol. The normalized spacial score (nSPS) is 13.2. The number of aliphatic carboxylic acids is 1. The molecule has 0 saturated carbocycles. The van der Waals surface area contributed by atoms with E-state index < -0.39 is 18.0 Å². The van der Waals surface area contributed by atoms with E-state index in [9.17, 15) is 19.5 Å². The molecule has 59 heavy (non-hydrogen) atoms. The van der Waals surface area contributed by atoms with Crippen molar-refractivity contribution in [3.63, 3.8) is 0 Å². The number of hydrogen-bond donors (Lipinski definition) is 2. The Hall–Kier alpha value is -1.23. The van der Waals surface area contributed by atoms with Crippen LogP contribution in [0.2, 0.25) is 0 Å². The lowest BCUT2D eigenvalue weighted by Crippen LogP contribution is -2.30. The van der Waals surface area contributed by atoms with Crippen LogP contribution in [0.3, 0.4) is 0 Å². The monoisotopic (exact) mass is 833 g/mol. The molecule has 3 atom stereocenters. The van der Waals surface area contributed by atoms with Crippen molar-refractivity contribution >= 4 is 17.5 Å². The molecule has 0 aromatic heterocycles. The largest absolute Gasteiger partial charge is 0.479 e. The Balaban J connectivity index is 4.85. The van der Waals surface area contributed by atoms with E-state index in [4.69, 9.17) is 5.11 Å². The number of unbranched alkanes of at least 4 members (excludes halogenated alkanes) is 36. The molecule has 3 unspecified atom stereocenters. The second kappa shape index (κ2) is 46.3. The van der Waals surface area contributed by atoms with Crippen molar-refractivity contribution in [2.45, 2.75) is 316 Å². The Morgan fingerprint density at radius 3 is 0.915 bits per heavy atom. The summed E-state index contributed by atoms with van der Waals surface area (Å²) in [4.78, 5) is 39.0. The highest BCUT2D eigenvalue weighted by Crippen LogP contribution is 2.28. The van der Waals surface area contributed by atoms with Gasteiger partial charge in [-0.3, -0.25) is 9.59 Å². The molecule has 0 spiro atoms. The average Bonchev–Trinajstić information content (AvgIpc) is 3.23. The van der Waals surface area contributed by atoms with Gasteiger partial charge in [-0.05, 0) is 32.1 Å². The van der Waals surface area contributed by atoms with Crippen LogP contribution >= 0.6 is 0 Å². The molecule has 0 bridgehead atoms. The van der Waals surface area contributed by atoms with Crippen molar-refractivity contribution in [3.8, 4) is 0 Å². The SMILES string of the molecule is CCCCCCCCCCCCCCCCCC(=O)C(CCCCCCCCCCCCCCCC)C(=O)C(CCCCCC)CCCCCCCCCC(O)C(=O)O. The van der Waals surface area contributed by atoms with E-state index in [1.165, 1.54) is 180 Å². The van der Waals surface area contributed by atoms with Crippen LogP contribution in [0.5, 0.6) is 0 Å². The zero-order valence-corrected chi connectivity index (χ0v) is 40.2. The van der Waals surface area contributed by atoms with Crippen LogP contribution in [0, 0.1) is 11.8 Å². The molecule has 0 saturated heterocycles. The number of carbonyl (C=O) groups is 3. The molecule has 0 heterocycles. The Morgan fingerprint density at radius 1 is 0.339 bits per heavy atom. The molecule has 0 aliphatic rings. The predicted octanol–water partition coefficient (Wildman–Crippen LogP) is 17.4. The molecule has 0 aliphatic carbocycles. The minimum Gasteiger partial charge on any atom is -0.479 e. The van der Waals surface area contributed by atoms with Gasteiger partial charge < -0.3 is 10.2 Å². The maximum atomic E-state index is 14.3. The molecule has 5 nitrogen and oxygen atoms in total. The Morgan fingerprint density at radius 2 is 0.593 bits per heavy atom. The molecule has 0 amide bonds. The number of aliphatic hydroxyl groups excluding tert-OH is 1. The maximum Gasteiger partial charge on any atom is 0.332 e. The number of carboxylic acid groups (broad SMARTS) is 1. The first-order chi connectivity index (χ1) is 28.9. The summed E-state index contributed by atoms with van der Waals surface area (Å²) in [6, 6.07) is 0. The van der Waals surface area contributed by atoms with E-state index in [0.29, 0.717) is 12.8 Å². The highest BCUT2D eigenvalue weighted by Gasteiger charge is 2.31. The highest BCUT2D eigenvalue weighted by atomic mass is 16.4. The number of aliphatic hydroxyl groups is 1. The van der Waals surface area contributed by atoms with Gasteiger partial charge >= 0.3 is 5.97 Å². The van der Waals surface area contributed by atoms with E-state index in [1.54, 1.807) is 0 Å². The maximum absolute atomic E-state index is 14.3. The zero-order valence-electron chi connectivity index (χ0n) is 40.2. The van der Waals surface area contributed by atoms with E-state index in [2.05, 4.69) is 20.8 Å². The van der Waals surface area contributed by atoms with Crippen molar-refractivity contribution in [2.75, 3.05) is 0 Å². The van der Waals surface area contributed by atoms with E-state index in [0.717, 1.165) is 96.3 Å². The fourth-order valence-electron chi connectivity index (χ4n) is 9.12. The van der Waals surface area contributed by atoms with Gasteiger partial charge in [0, 0.05) is 12.3 Å². The summed E-state index contributed by atoms with van der Waals surface area (Å²) in [6.45, 7) is 6.81. The quantitative estimate of drug-likeness (QED) is 0.0470. The lowest BCUT2D eigenvalue weighted by molar-refractivity contribution is -0.147. The van der Waals surface area contributed by atoms with Crippen molar-refractivity contribution < 1.29 is 24.6 Å². The molecular formula is C54H104O5. The minimum atomic E-state index is -1.24. The highest BCUT2D eigenvalue weighted by molar-refractivity contribution is 6.03. The molecule has 0 fully saturated rings. The third kappa shape index (κ3) is 39.4. The third-order valence-corrected chi connectivity index (χ3v) is 13.2. The lowest BCUT2D eigenvalue weighted by Gasteiger charge is -2.22. The number of carbonyl (C=O) groups excluding carboxylic acids is 2. The number of rotatable bonds is 50. The molecule has 0 aromatic carbocycles. The third-order valence-electron chi connectivity index (χ3n) is 13.2. The Labute approximate surface area is 368 Å². The number of carboxylic acids is 1. The first-order valence-corrected chi connectivity index (χ1v) is 26.9. The lowest BCUT2D eigenvalue weighted by atomic mass is 9.80. The van der Waals surface area contributed by atoms with E-state index >= 15 is 0 Å². The van der Waals surface area contributed by atoms with Crippen LogP contribution in [-0.4, -0.2) is 33.9 Å². The number of Topliss-reactive ketones (excluding diaryl/α,β-unsaturated/α-hetero) is 2. The number of ketones is 2. The summed E-state index contributed by atoms with van der Waals surface area (Å²) in [5, 5.41) is 18.4. The minimum absolute atomic E-state index is 0.0195. The molecule has 2 N–H and O–H groups in total. The van der Waals surface area contributed by atoms with Crippen LogP contribution in [0.1, 0.15) is 310 Å². The van der Waals surface area contributed by atoms with Gasteiger partial charge in [-0.2, -0.15) is 0 Å². The molecule has 0 aliphatic heterocycles. The predicted molar refractivity (Wildman–Crippen MR) is 255 cm³/mol. The first-order valence-electron chi connectivity index (χ1n) is 26.9. The second-order valence-electron chi connectivity index (χ2n) is 19.0. The van der Waals surface area contributed by atoms with Gasteiger partial charge in [-0.1, -0.05) is 271 Å². The summed E-state index contributed by atoms with van der Waals surface area (Å²) in [5.41, 5.74) is 0. The summed E-state index contributed by atoms with van der Waals surface area (Å²) in [7, 11) is 0. The van der Waals surface area contributed by atoms with Crippen LogP contribution in [0.15, 0.2) is 0 Å². The zero-order chi connectivity index (χ0) is 43.3. The number of hydrogen-bond acceptors (Lipinski definition) is 4. The first kappa shape index (κ1) is 57.8. The van der Waals surface area contributed by atoms with Gasteiger partial charge in [0.15, 0.2) is 6.10 Å². The fourth-order valence-corrected chi connectivity index (χ4v) is 9.12. The van der Waals surface area contributed by atoms with Crippen LogP contribution in [-0.2, 0) is 14.4 Å². The van der Waals surface area contributed by atoms with Crippen molar-refractivity contribution in [2.24, 2.45) is 11.8 Å². The van der Waals surface area contributed by atoms with Gasteiger partial charge in [0.05, 0.1) is 5.92 Å². The van der Waals surface area contributed by atoms with Gasteiger partial charge in [-0.25, -0.2) is 4.79 Å². The van der Waals surface area contributed by atoms with Crippen LogP contribution in [0.4, 0.5) is 0 Å².